The van der Waals surface area contributed by atoms with Gasteiger partial charge in [-0.25, -0.2) is 9.59 Å². The van der Waals surface area contributed by atoms with Gasteiger partial charge in [-0.05, 0) is 6.92 Å². The highest BCUT2D eigenvalue weighted by atomic mass is 16.6. The zero-order valence-electron chi connectivity index (χ0n) is 7.65. The summed E-state index contributed by atoms with van der Waals surface area (Å²) in [6.07, 6.45) is 1.96. The summed E-state index contributed by atoms with van der Waals surface area (Å²) in [6, 6.07) is 0. The van der Waals surface area contributed by atoms with Crippen molar-refractivity contribution in [3.63, 3.8) is 0 Å². The summed E-state index contributed by atoms with van der Waals surface area (Å²) in [7, 11) is 0. The van der Waals surface area contributed by atoms with Crippen LogP contribution >= 0.6 is 0 Å². The molecule has 0 heterocycles. The van der Waals surface area contributed by atoms with Crippen molar-refractivity contribution in [2.24, 2.45) is 0 Å². The molecule has 0 radical (unpaired) electrons. The Hall–Kier alpha value is -1.91. The second kappa shape index (κ2) is 5.69. The Morgan fingerprint density at radius 2 is 2.00 bits per heavy atom. The van der Waals surface area contributed by atoms with Gasteiger partial charge in [-0.2, -0.15) is 0 Å². The fourth-order valence-electron chi connectivity index (χ4n) is 0.568. The van der Waals surface area contributed by atoms with Gasteiger partial charge in [0.2, 0.25) is 0 Å². The molecule has 76 valence electrons. The zero-order valence-corrected chi connectivity index (χ0v) is 7.65. The third-order valence-corrected chi connectivity index (χ3v) is 1.18. The number of hydrogen-bond acceptors (Lipinski definition) is 4. The molecule has 0 aromatic heterocycles. The van der Waals surface area contributed by atoms with Crippen LogP contribution in [0.5, 0.6) is 0 Å². The lowest BCUT2D eigenvalue weighted by molar-refractivity contribution is -0.156. The van der Waals surface area contributed by atoms with Gasteiger partial charge in [0.15, 0.2) is 0 Å². The molecule has 5 nitrogen and oxygen atoms in total. The van der Waals surface area contributed by atoms with Gasteiger partial charge in [0.1, 0.15) is 0 Å². The predicted octanol–water partition coefficient (Wildman–Crippen LogP) is 0.663. The van der Waals surface area contributed by atoms with Crippen LogP contribution in [0.4, 0.5) is 0 Å². The maximum Gasteiger partial charge on any atom is 0.338 e. The lowest BCUT2D eigenvalue weighted by Gasteiger charge is -1.99. The van der Waals surface area contributed by atoms with Gasteiger partial charge >= 0.3 is 17.9 Å². The minimum atomic E-state index is -1.29. The molecule has 5 heteroatoms. The lowest BCUT2D eigenvalue weighted by atomic mass is 10.2. The lowest BCUT2D eigenvalue weighted by Crippen LogP contribution is -2.13. The van der Waals surface area contributed by atoms with Crippen molar-refractivity contribution < 1.29 is 24.2 Å². The van der Waals surface area contributed by atoms with E-state index in [2.05, 4.69) is 11.3 Å². The first-order valence-corrected chi connectivity index (χ1v) is 3.75. The van der Waals surface area contributed by atoms with Crippen molar-refractivity contribution in [1.29, 1.82) is 0 Å². The Morgan fingerprint density at radius 3 is 2.43 bits per heavy atom. The molecule has 1 N–H and O–H groups in total. The Bertz CT molecular complexity index is 300. The Balaban J connectivity index is 4.05. The van der Waals surface area contributed by atoms with Crippen molar-refractivity contribution in [2.75, 3.05) is 0 Å². The average molecular weight is 198 g/mol. The molecule has 0 aliphatic carbocycles. The summed E-state index contributed by atoms with van der Waals surface area (Å²) in [5.41, 5.74) is -0.316. The first-order chi connectivity index (χ1) is 6.47. The molecule has 0 unspecified atom stereocenters. The van der Waals surface area contributed by atoms with Gasteiger partial charge in [-0.3, -0.25) is 4.79 Å². The highest BCUT2D eigenvalue weighted by Crippen LogP contribution is 2.00. The van der Waals surface area contributed by atoms with E-state index in [0.717, 1.165) is 6.08 Å². The van der Waals surface area contributed by atoms with Crippen LogP contribution in [0.3, 0.4) is 0 Å². The number of carbonyl (C=O) groups is 3. The summed E-state index contributed by atoms with van der Waals surface area (Å²) in [4.78, 5) is 31.8. The number of rotatable bonds is 4. The minimum absolute atomic E-state index is 0.316. The number of allylic oxidation sites excluding steroid dienone is 1. The molecule has 0 amide bonds. The van der Waals surface area contributed by atoms with Gasteiger partial charge in [0.25, 0.3) is 0 Å². The fourth-order valence-corrected chi connectivity index (χ4v) is 0.568. The van der Waals surface area contributed by atoms with E-state index >= 15 is 0 Å². The molecule has 0 aliphatic heterocycles. The molecular weight excluding hydrogens is 188 g/mol. The smallest absolute Gasteiger partial charge is 0.338 e. The highest BCUT2D eigenvalue weighted by Gasteiger charge is 2.13. The second-order valence-corrected chi connectivity index (χ2v) is 2.38. The number of carboxylic acids is 1. The monoisotopic (exact) mass is 198 g/mol. The third-order valence-electron chi connectivity index (χ3n) is 1.18. The van der Waals surface area contributed by atoms with Gasteiger partial charge < -0.3 is 9.84 Å². The summed E-state index contributed by atoms with van der Waals surface area (Å²) < 4.78 is 4.22. The van der Waals surface area contributed by atoms with Crippen LogP contribution in [0.15, 0.2) is 24.3 Å². The van der Waals surface area contributed by atoms with Crippen molar-refractivity contribution in [3.8, 4) is 0 Å². The summed E-state index contributed by atoms with van der Waals surface area (Å²) in [5, 5.41) is 8.36. The first kappa shape index (κ1) is 12.1. The number of esters is 2. The van der Waals surface area contributed by atoms with E-state index in [-0.39, 0.29) is 5.57 Å². The van der Waals surface area contributed by atoms with Crippen molar-refractivity contribution in [3.05, 3.63) is 24.3 Å². The number of hydrogen-bond donors (Lipinski definition) is 1. The van der Waals surface area contributed by atoms with Gasteiger partial charge in [0, 0.05) is 11.6 Å². The van der Waals surface area contributed by atoms with E-state index in [1.165, 1.54) is 6.08 Å². The number of carboxylic acid groups (broad SMARTS) is 1. The fraction of sp³-hybridized carbons (Fsp3) is 0.222. The molecule has 0 fully saturated rings. The molecule has 0 saturated heterocycles. The van der Waals surface area contributed by atoms with Crippen LogP contribution in [0.2, 0.25) is 0 Å². The standard InChI is InChI=1S/C9H10O5/c1-3-4-7(10)14-8(11)5-6(2)9(12)13/h3-4H,2,5H2,1H3,(H,12,13). The Labute approximate surface area is 80.7 Å². The van der Waals surface area contributed by atoms with Gasteiger partial charge in [-0.1, -0.05) is 12.7 Å². The molecule has 0 bridgehead atoms. The topological polar surface area (TPSA) is 80.7 Å². The second-order valence-electron chi connectivity index (χ2n) is 2.38. The molecule has 0 saturated carbocycles. The van der Waals surface area contributed by atoms with Crippen molar-refractivity contribution in [2.45, 2.75) is 13.3 Å². The Morgan fingerprint density at radius 1 is 1.43 bits per heavy atom. The molecule has 0 atom stereocenters. The summed E-state index contributed by atoms with van der Waals surface area (Å²) in [5.74, 6) is -3.04. The normalized spacial score (nSPS) is 9.79. The summed E-state index contributed by atoms with van der Waals surface area (Å²) >= 11 is 0. The largest absolute Gasteiger partial charge is 0.478 e. The Kier molecular flexibility index (Phi) is 4.91. The van der Waals surface area contributed by atoms with Crippen molar-refractivity contribution in [1.82, 2.24) is 0 Å². The highest BCUT2D eigenvalue weighted by molar-refractivity contribution is 5.97. The molecule has 14 heavy (non-hydrogen) atoms. The van der Waals surface area contributed by atoms with Crippen LogP contribution in [0.25, 0.3) is 0 Å². The number of carbonyl (C=O) groups excluding carboxylic acids is 2. The maximum atomic E-state index is 10.8. The average Bonchev–Trinajstić information content (AvgIpc) is 2.03. The van der Waals surface area contributed by atoms with E-state index in [1.54, 1.807) is 6.92 Å². The molecule has 0 rings (SSSR count). The van der Waals surface area contributed by atoms with E-state index in [1.807, 2.05) is 0 Å². The maximum absolute atomic E-state index is 10.8. The molecule has 0 spiro atoms. The zero-order chi connectivity index (χ0) is 11.1. The minimum Gasteiger partial charge on any atom is -0.478 e. The number of aliphatic carboxylic acids is 1. The van der Waals surface area contributed by atoms with Crippen LogP contribution in [0, 0.1) is 0 Å². The van der Waals surface area contributed by atoms with Crippen LogP contribution in [0.1, 0.15) is 13.3 Å². The SMILES string of the molecule is C=C(CC(=O)OC(=O)C=CC)C(=O)O. The van der Waals surface area contributed by atoms with E-state index in [0.29, 0.717) is 0 Å². The summed E-state index contributed by atoms with van der Waals surface area (Å²) in [6.45, 7) is 4.70. The first-order valence-electron chi connectivity index (χ1n) is 3.75. The molecule has 0 aliphatic rings. The molecule has 0 aromatic rings. The third kappa shape index (κ3) is 4.87. The van der Waals surface area contributed by atoms with Crippen LogP contribution in [-0.2, 0) is 19.1 Å². The predicted molar refractivity (Wildman–Crippen MR) is 47.3 cm³/mol. The van der Waals surface area contributed by atoms with E-state index in [4.69, 9.17) is 5.11 Å². The molecular formula is C9H10O5. The van der Waals surface area contributed by atoms with Crippen molar-refractivity contribution >= 4 is 17.9 Å². The van der Waals surface area contributed by atoms with E-state index in [9.17, 15) is 14.4 Å². The van der Waals surface area contributed by atoms with Gasteiger partial charge in [0.05, 0.1) is 6.42 Å². The van der Waals surface area contributed by atoms with Crippen LogP contribution in [-0.4, -0.2) is 23.0 Å². The quantitative estimate of drug-likeness (QED) is 0.407. The molecule has 0 aromatic carbocycles. The number of ether oxygens (including phenoxy) is 1. The van der Waals surface area contributed by atoms with Crippen LogP contribution < -0.4 is 0 Å². The van der Waals surface area contributed by atoms with Gasteiger partial charge in [-0.15, -0.1) is 0 Å². The van der Waals surface area contributed by atoms with E-state index < -0.39 is 24.3 Å².